The van der Waals surface area contributed by atoms with E-state index in [9.17, 15) is 43.2 Å². The van der Waals surface area contributed by atoms with Crippen molar-refractivity contribution in [2.75, 3.05) is 39.6 Å². The lowest BCUT2D eigenvalue weighted by Gasteiger charge is -2.21. The average Bonchev–Trinajstić information content (AvgIpc) is 0.907. The van der Waals surface area contributed by atoms with Crippen molar-refractivity contribution in [2.24, 2.45) is 0 Å². The fraction of sp³-hybridized carbons (Fsp3) is 0.632. The summed E-state index contributed by atoms with van der Waals surface area (Å²) in [5.74, 6) is -2.36. The second-order valence-corrected chi connectivity index (χ2v) is 29.1. The molecule has 0 fully saturated rings. The van der Waals surface area contributed by atoms with Gasteiger partial charge in [-0.05, 0) is 135 Å². The van der Waals surface area contributed by atoms with Gasteiger partial charge in [-0.1, -0.05) is 307 Å². The maximum Gasteiger partial charge on any atom is 0.472 e. The number of phosphoric ester groups is 2. The van der Waals surface area contributed by atoms with Crippen LogP contribution in [0.5, 0.6) is 0 Å². The van der Waals surface area contributed by atoms with Gasteiger partial charge in [-0.2, -0.15) is 0 Å². The van der Waals surface area contributed by atoms with E-state index in [2.05, 4.69) is 167 Å². The maximum atomic E-state index is 13.1. The molecule has 5 atom stereocenters. The summed E-state index contributed by atoms with van der Waals surface area (Å²) in [6.45, 7) is 4.37. The standard InChI is InChI=1S/C87H142O17P2/c1-5-9-13-17-21-25-29-33-36-39-40-43-45-49-52-56-60-64-68-72-85(90)98-78-83(104-87(92)74-70-66-62-58-54-50-46-42-38-35-31-27-23-19-15-11-7-3)80-102-106(95,96)100-76-81(88)75-99-105(93,94)101-79-82(103-86(91)73-69-65-61-57-53-47-32-28-24-20-16-12-8-4)77-97-84(89)71-67-63-59-55-51-48-44-41-37-34-30-26-22-18-14-10-6-2/h9-11,13-15,21-23,25-27,33-38,40,43,46,49-50,52,58,60,62,64,81-83,88H,5-8,12,16-20,24,28-32,39,41-42,44-45,47-48,51,53-57,59,61,63,65-80H2,1-4H3,(H,93,94)(H,95,96)/b13-9-,14-10-,15-11-,25-21-,26-22-,27-23-,36-33-,37-34-,38-35-,43-40-,50-46-,52-49-,62-58-,64-60-. The summed E-state index contributed by atoms with van der Waals surface area (Å²) in [5, 5.41) is 10.6. The molecule has 0 aliphatic carbocycles. The number of allylic oxidation sites excluding steroid dienone is 28. The largest absolute Gasteiger partial charge is 0.472 e. The summed E-state index contributed by atoms with van der Waals surface area (Å²) >= 11 is 0. The Balaban J connectivity index is 5.49. The molecule has 0 saturated heterocycles. The van der Waals surface area contributed by atoms with Gasteiger partial charge in [0, 0.05) is 25.7 Å². The Hall–Kier alpha value is -5.58. The van der Waals surface area contributed by atoms with Crippen molar-refractivity contribution in [3.05, 3.63) is 170 Å². The van der Waals surface area contributed by atoms with Gasteiger partial charge >= 0.3 is 39.5 Å². The van der Waals surface area contributed by atoms with Crippen molar-refractivity contribution < 1.29 is 80.2 Å². The zero-order valence-corrected chi connectivity index (χ0v) is 67.6. The van der Waals surface area contributed by atoms with Crippen LogP contribution in [0.15, 0.2) is 170 Å². The first-order chi connectivity index (χ1) is 51.7. The number of hydrogen-bond donors (Lipinski definition) is 3. The molecule has 19 heteroatoms. The number of hydrogen-bond acceptors (Lipinski definition) is 15. The van der Waals surface area contributed by atoms with Crippen LogP contribution in [0.3, 0.4) is 0 Å². The van der Waals surface area contributed by atoms with Crippen molar-refractivity contribution in [1.82, 2.24) is 0 Å². The Kier molecular flexibility index (Phi) is 73.5. The normalized spacial score (nSPS) is 14.7. The molecule has 3 N–H and O–H groups in total. The number of esters is 4. The Morgan fingerprint density at radius 1 is 0.274 bits per heavy atom. The molecule has 0 saturated carbocycles. The molecule has 0 rings (SSSR count). The molecule has 0 aromatic rings. The quantitative estimate of drug-likeness (QED) is 0.0169. The molecule has 0 aliphatic rings. The predicted octanol–water partition coefficient (Wildman–Crippen LogP) is 23.8. The van der Waals surface area contributed by atoms with E-state index in [4.69, 9.17) is 37.0 Å². The van der Waals surface area contributed by atoms with Gasteiger partial charge in [0.05, 0.1) is 26.4 Å². The molecule has 0 spiro atoms. The number of aliphatic hydroxyl groups is 1. The Bertz CT molecular complexity index is 2680. The molecule has 0 radical (unpaired) electrons. The highest BCUT2D eigenvalue weighted by Crippen LogP contribution is 2.45. The molecule has 0 aromatic heterocycles. The van der Waals surface area contributed by atoms with E-state index in [1.165, 1.54) is 51.4 Å². The average molecular weight is 1520 g/mol. The van der Waals surface area contributed by atoms with Crippen LogP contribution < -0.4 is 0 Å². The molecule has 602 valence electrons. The number of phosphoric acid groups is 2. The van der Waals surface area contributed by atoms with Crippen molar-refractivity contribution >= 4 is 39.5 Å². The molecule has 0 bridgehead atoms. The Morgan fingerprint density at radius 3 is 0.849 bits per heavy atom. The van der Waals surface area contributed by atoms with E-state index in [0.29, 0.717) is 38.5 Å². The molecular weight excluding hydrogens is 1380 g/mol. The third kappa shape index (κ3) is 76.6. The zero-order chi connectivity index (χ0) is 77.4. The van der Waals surface area contributed by atoms with Crippen LogP contribution in [-0.4, -0.2) is 96.7 Å². The Morgan fingerprint density at radius 2 is 0.519 bits per heavy atom. The topological polar surface area (TPSA) is 237 Å². The van der Waals surface area contributed by atoms with Gasteiger partial charge in [0.2, 0.25) is 0 Å². The number of carbonyl (C=O) groups is 4. The van der Waals surface area contributed by atoms with Crippen molar-refractivity contribution in [1.29, 1.82) is 0 Å². The number of rotatable bonds is 74. The molecule has 0 amide bonds. The summed E-state index contributed by atoms with van der Waals surface area (Å²) in [6.07, 6.45) is 92.1. The molecule has 106 heavy (non-hydrogen) atoms. The van der Waals surface area contributed by atoms with Crippen LogP contribution in [0.1, 0.15) is 297 Å². The summed E-state index contributed by atoms with van der Waals surface area (Å²) < 4.78 is 68.5. The van der Waals surface area contributed by atoms with E-state index in [0.717, 1.165) is 154 Å². The van der Waals surface area contributed by atoms with Crippen LogP contribution in [0.25, 0.3) is 0 Å². The lowest BCUT2D eigenvalue weighted by atomic mass is 10.0. The van der Waals surface area contributed by atoms with Crippen LogP contribution in [0.4, 0.5) is 0 Å². The van der Waals surface area contributed by atoms with Crippen LogP contribution in [-0.2, 0) is 65.4 Å². The molecule has 5 unspecified atom stereocenters. The first kappa shape index (κ1) is 100. The number of aliphatic hydroxyl groups excluding tert-OH is 1. The van der Waals surface area contributed by atoms with Gasteiger partial charge < -0.3 is 33.8 Å². The van der Waals surface area contributed by atoms with Crippen molar-refractivity contribution in [2.45, 2.75) is 316 Å². The highest BCUT2D eigenvalue weighted by molar-refractivity contribution is 7.47. The number of carbonyl (C=O) groups excluding carboxylic acids is 4. The van der Waals surface area contributed by atoms with Gasteiger partial charge in [-0.25, -0.2) is 9.13 Å². The SMILES string of the molecule is CC/C=C\C/C=C\C/C=C\C/C=C\C/C=C\C/C=C\CCC(=O)OCC(COP(=O)(O)OCC(O)COP(=O)(O)OCC(COC(=O)CCCCCCCCC/C=C\C/C=C\C/C=C\CC)OC(=O)CCCCCCCCCCCCCCC)OC(=O)CCC/C=C\C/C=C\C/C=C\C/C=C\C/C=C\CC. The number of unbranched alkanes of at least 4 members (excludes halogenated alkanes) is 20. The highest BCUT2D eigenvalue weighted by Gasteiger charge is 2.30. The molecule has 0 aromatic carbocycles. The van der Waals surface area contributed by atoms with Gasteiger partial charge in [-0.3, -0.25) is 37.3 Å². The second-order valence-electron chi connectivity index (χ2n) is 26.2. The summed E-state index contributed by atoms with van der Waals surface area (Å²) in [6, 6.07) is 0. The lowest BCUT2D eigenvalue weighted by Crippen LogP contribution is -2.30. The third-order valence-corrected chi connectivity index (χ3v) is 18.1. The molecule has 0 aliphatic heterocycles. The minimum absolute atomic E-state index is 0.00508. The van der Waals surface area contributed by atoms with E-state index in [1.807, 2.05) is 30.4 Å². The second kappa shape index (κ2) is 77.6. The van der Waals surface area contributed by atoms with E-state index < -0.39 is 97.5 Å². The lowest BCUT2D eigenvalue weighted by molar-refractivity contribution is -0.161. The summed E-state index contributed by atoms with van der Waals surface area (Å²) in [7, 11) is -10.0. The molecule has 0 heterocycles. The van der Waals surface area contributed by atoms with Gasteiger partial charge in [0.15, 0.2) is 12.2 Å². The van der Waals surface area contributed by atoms with Gasteiger partial charge in [0.1, 0.15) is 19.3 Å². The van der Waals surface area contributed by atoms with E-state index >= 15 is 0 Å². The highest BCUT2D eigenvalue weighted by atomic mass is 31.2. The summed E-state index contributed by atoms with van der Waals surface area (Å²) in [5.41, 5.74) is 0. The van der Waals surface area contributed by atoms with E-state index in [-0.39, 0.29) is 25.7 Å². The monoisotopic (exact) mass is 1520 g/mol. The fourth-order valence-corrected chi connectivity index (χ4v) is 11.8. The minimum Gasteiger partial charge on any atom is -0.462 e. The number of ether oxygens (including phenoxy) is 4. The molecule has 17 nitrogen and oxygen atoms in total. The van der Waals surface area contributed by atoms with Crippen LogP contribution in [0, 0.1) is 0 Å². The first-order valence-corrected chi connectivity index (χ1v) is 43.4. The zero-order valence-electron chi connectivity index (χ0n) is 65.8. The minimum atomic E-state index is -5.02. The molecular formula is C87H142O17P2. The Labute approximate surface area is 642 Å². The van der Waals surface area contributed by atoms with Crippen LogP contribution >= 0.6 is 15.6 Å². The first-order valence-electron chi connectivity index (χ1n) is 40.4. The van der Waals surface area contributed by atoms with Crippen molar-refractivity contribution in [3.63, 3.8) is 0 Å². The van der Waals surface area contributed by atoms with E-state index in [1.54, 1.807) is 0 Å². The van der Waals surface area contributed by atoms with Crippen molar-refractivity contribution in [3.8, 4) is 0 Å². The smallest absolute Gasteiger partial charge is 0.462 e. The third-order valence-electron chi connectivity index (χ3n) is 16.2. The van der Waals surface area contributed by atoms with Gasteiger partial charge in [-0.15, -0.1) is 0 Å². The predicted molar refractivity (Wildman–Crippen MR) is 436 cm³/mol. The maximum absolute atomic E-state index is 13.1. The van der Waals surface area contributed by atoms with Gasteiger partial charge in [0.25, 0.3) is 0 Å². The fourth-order valence-electron chi connectivity index (χ4n) is 10.2. The van der Waals surface area contributed by atoms with Crippen LogP contribution in [0.2, 0.25) is 0 Å². The summed E-state index contributed by atoms with van der Waals surface area (Å²) in [4.78, 5) is 73.0.